The van der Waals surface area contributed by atoms with Gasteiger partial charge in [0.2, 0.25) is 0 Å². The molecule has 2 fully saturated rings. The van der Waals surface area contributed by atoms with Crippen molar-refractivity contribution in [2.75, 3.05) is 0 Å². The van der Waals surface area contributed by atoms with E-state index in [9.17, 15) is 5.11 Å². The first-order valence-electron chi connectivity index (χ1n) is 9.08. The molecule has 2 aliphatic rings. The predicted octanol–water partition coefficient (Wildman–Crippen LogP) is 4.37. The number of benzene rings is 1. The van der Waals surface area contributed by atoms with Gasteiger partial charge in [0.15, 0.2) is 0 Å². The van der Waals surface area contributed by atoms with Crippen molar-refractivity contribution in [2.45, 2.75) is 83.0 Å². The number of hydrogen-bond donors (Lipinski definition) is 1. The molecule has 2 nitrogen and oxygen atoms in total. The van der Waals surface area contributed by atoms with E-state index >= 15 is 0 Å². The van der Waals surface area contributed by atoms with Crippen LogP contribution in [0.25, 0.3) is 0 Å². The van der Waals surface area contributed by atoms with Gasteiger partial charge in [0.05, 0.1) is 5.60 Å². The zero-order valence-corrected chi connectivity index (χ0v) is 14.2. The molecular weight excluding hydrogens is 270 g/mol. The molecule has 2 aliphatic heterocycles. The Labute approximate surface area is 135 Å². The molecule has 0 aliphatic carbocycles. The fraction of sp³-hybridized carbons (Fsp3) is 0.700. The first-order chi connectivity index (χ1) is 10.6. The Morgan fingerprint density at radius 3 is 2.36 bits per heavy atom. The van der Waals surface area contributed by atoms with Crippen LogP contribution in [0, 0.1) is 5.92 Å². The Morgan fingerprint density at radius 1 is 1.14 bits per heavy atom. The van der Waals surface area contributed by atoms with Crippen molar-refractivity contribution in [1.29, 1.82) is 0 Å². The van der Waals surface area contributed by atoms with Crippen LogP contribution in [0.15, 0.2) is 30.3 Å². The van der Waals surface area contributed by atoms with Crippen molar-refractivity contribution in [3.63, 3.8) is 0 Å². The Balaban J connectivity index is 1.59. The van der Waals surface area contributed by atoms with Crippen LogP contribution >= 0.6 is 0 Å². The Bertz CT molecular complexity index is 456. The maximum atomic E-state index is 11.0. The molecular formula is C20H31NO. The Hall–Kier alpha value is -0.860. The fourth-order valence-corrected chi connectivity index (χ4v) is 4.51. The van der Waals surface area contributed by atoms with Gasteiger partial charge in [-0.1, -0.05) is 57.0 Å². The number of fused-ring (bicyclic) bond motifs is 2. The maximum absolute atomic E-state index is 11.0. The van der Waals surface area contributed by atoms with E-state index in [2.05, 4.69) is 49.1 Å². The van der Waals surface area contributed by atoms with E-state index in [1.807, 2.05) is 0 Å². The molecule has 1 aromatic carbocycles. The van der Waals surface area contributed by atoms with Gasteiger partial charge in [0, 0.05) is 18.6 Å². The zero-order valence-electron chi connectivity index (χ0n) is 14.2. The highest BCUT2D eigenvalue weighted by Gasteiger charge is 2.46. The molecule has 3 rings (SSSR count). The zero-order chi connectivity index (χ0) is 15.6. The lowest BCUT2D eigenvalue weighted by Crippen LogP contribution is -2.50. The second-order valence-corrected chi connectivity index (χ2v) is 7.96. The van der Waals surface area contributed by atoms with E-state index in [0.717, 1.165) is 31.7 Å². The molecule has 2 saturated heterocycles. The summed E-state index contributed by atoms with van der Waals surface area (Å²) in [7, 11) is 0. The van der Waals surface area contributed by atoms with Crippen LogP contribution in [0.4, 0.5) is 0 Å². The summed E-state index contributed by atoms with van der Waals surface area (Å²) in [5, 5.41) is 11.0. The van der Waals surface area contributed by atoms with Crippen molar-refractivity contribution >= 4 is 0 Å². The molecule has 122 valence electrons. The van der Waals surface area contributed by atoms with Gasteiger partial charge in [-0.2, -0.15) is 0 Å². The summed E-state index contributed by atoms with van der Waals surface area (Å²) in [5.74, 6) is 0.749. The minimum Gasteiger partial charge on any atom is -0.390 e. The SMILES string of the molecule is CC(C)CCCC1(O)CC2CCC(C1)N2Cc1ccccc1. The lowest BCUT2D eigenvalue weighted by atomic mass is 9.81. The van der Waals surface area contributed by atoms with Crippen LogP contribution in [0.1, 0.15) is 64.4 Å². The molecule has 1 N–H and O–H groups in total. The molecule has 0 amide bonds. The molecule has 0 aromatic heterocycles. The number of hydrogen-bond acceptors (Lipinski definition) is 2. The quantitative estimate of drug-likeness (QED) is 0.843. The molecule has 0 radical (unpaired) electrons. The van der Waals surface area contributed by atoms with Gasteiger partial charge in [0.1, 0.15) is 0 Å². The highest BCUT2D eigenvalue weighted by atomic mass is 16.3. The topological polar surface area (TPSA) is 23.5 Å². The number of aliphatic hydroxyl groups is 1. The lowest BCUT2D eigenvalue weighted by molar-refractivity contribution is -0.0613. The van der Waals surface area contributed by atoms with Gasteiger partial charge in [-0.3, -0.25) is 4.90 Å². The van der Waals surface area contributed by atoms with Crippen molar-refractivity contribution in [1.82, 2.24) is 4.90 Å². The number of rotatable bonds is 6. The standard InChI is InChI=1S/C20H31NO/c1-16(2)7-6-12-20(22)13-18-10-11-19(14-20)21(18)15-17-8-4-3-5-9-17/h3-5,8-9,16,18-19,22H,6-7,10-15H2,1-2H3. The molecule has 1 aromatic rings. The normalized spacial score (nSPS) is 31.8. The van der Waals surface area contributed by atoms with Crippen LogP contribution < -0.4 is 0 Å². The van der Waals surface area contributed by atoms with E-state index in [1.54, 1.807) is 0 Å². The molecule has 2 heterocycles. The maximum Gasteiger partial charge on any atom is 0.0677 e. The smallest absolute Gasteiger partial charge is 0.0677 e. The third-order valence-electron chi connectivity index (χ3n) is 5.63. The summed E-state index contributed by atoms with van der Waals surface area (Å²) in [6.45, 7) is 5.60. The van der Waals surface area contributed by atoms with E-state index in [4.69, 9.17) is 0 Å². The summed E-state index contributed by atoms with van der Waals surface area (Å²) >= 11 is 0. The second kappa shape index (κ2) is 6.72. The van der Waals surface area contributed by atoms with E-state index in [-0.39, 0.29) is 0 Å². The molecule has 0 saturated carbocycles. The summed E-state index contributed by atoms with van der Waals surface area (Å²) in [6.07, 6.45) is 7.91. The van der Waals surface area contributed by atoms with Gasteiger partial charge >= 0.3 is 0 Å². The van der Waals surface area contributed by atoms with Crippen molar-refractivity contribution < 1.29 is 5.11 Å². The van der Waals surface area contributed by atoms with E-state index in [1.165, 1.54) is 31.2 Å². The van der Waals surface area contributed by atoms with Gasteiger partial charge in [-0.25, -0.2) is 0 Å². The molecule has 0 spiro atoms. The molecule has 2 unspecified atom stereocenters. The molecule has 2 heteroatoms. The average Bonchev–Trinajstić information content (AvgIpc) is 2.72. The molecule has 2 atom stereocenters. The molecule has 2 bridgehead atoms. The second-order valence-electron chi connectivity index (χ2n) is 7.96. The van der Waals surface area contributed by atoms with E-state index in [0.29, 0.717) is 12.1 Å². The van der Waals surface area contributed by atoms with Gasteiger partial charge in [0.25, 0.3) is 0 Å². The van der Waals surface area contributed by atoms with Crippen LogP contribution in [-0.2, 0) is 6.54 Å². The summed E-state index contributed by atoms with van der Waals surface area (Å²) < 4.78 is 0. The fourth-order valence-electron chi connectivity index (χ4n) is 4.51. The van der Waals surface area contributed by atoms with Crippen LogP contribution in [-0.4, -0.2) is 27.7 Å². The van der Waals surface area contributed by atoms with Crippen molar-refractivity contribution in [2.24, 2.45) is 5.92 Å². The summed E-state index contributed by atoms with van der Waals surface area (Å²) in [5.41, 5.74) is 1.01. The minimum atomic E-state index is -0.395. The first kappa shape index (κ1) is 16.0. The highest BCUT2D eigenvalue weighted by Crippen LogP contribution is 2.43. The summed E-state index contributed by atoms with van der Waals surface area (Å²) in [4.78, 5) is 2.66. The van der Waals surface area contributed by atoms with E-state index < -0.39 is 5.60 Å². The third-order valence-corrected chi connectivity index (χ3v) is 5.63. The van der Waals surface area contributed by atoms with Crippen LogP contribution in [0.3, 0.4) is 0 Å². The Morgan fingerprint density at radius 2 is 1.77 bits per heavy atom. The van der Waals surface area contributed by atoms with Crippen LogP contribution in [0.2, 0.25) is 0 Å². The lowest BCUT2D eigenvalue weighted by Gasteiger charge is -2.44. The largest absolute Gasteiger partial charge is 0.390 e. The monoisotopic (exact) mass is 301 g/mol. The summed E-state index contributed by atoms with van der Waals surface area (Å²) in [6, 6.07) is 12.0. The first-order valence-corrected chi connectivity index (χ1v) is 9.08. The Kier molecular flexibility index (Phi) is 4.89. The van der Waals surface area contributed by atoms with Gasteiger partial charge in [-0.15, -0.1) is 0 Å². The van der Waals surface area contributed by atoms with Crippen molar-refractivity contribution in [3.05, 3.63) is 35.9 Å². The van der Waals surface area contributed by atoms with Crippen LogP contribution in [0.5, 0.6) is 0 Å². The number of nitrogens with zero attached hydrogens (tertiary/aromatic N) is 1. The average molecular weight is 301 g/mol. The highest BCUT2D eigenvalue weighted by molar-refractivity contribution is 5.16. The van der Waals surface area contributed by atoms with Gasteiger partial charge < -0.3 is 5.11 Å². The van der Waals surface area contributed by atoms with Crippen molar-refractivity contribution in [3.8, 4) is 0 Å². The number of piperidine rings is 1. The van der Waals surface area contributed by atoms with Gasteiger partial charge in [-0.05, 0) is 43.6 Å². The third kappa shape index (κ3) is 3.72. The predicted molar refractivity (Wildman–Crippen MR) is 91.7 cm³/mol. The minimum absolute atomic E-state index is 0.395. The molecule has 22 heavy (non-hydrogen) atoms.